The Balaban J connectivity index is 1.80. The summed E-state index contributed by atoms with van der Waals surface area (Å²) < 4.78 is 5.29. The molecule has 0 bridgehead atoms. The van der Waals surface area contributed by atoms with Gasteiger partial charge in [-0.3, -0.25) is 0 Å². The Kier molecular flexibility index (Phi) is 5.63. The van der Waals surface area contributed by atoms with Gasteiger partial charge in [0.2, 0.25) is 0 Å². The normalized spacial score (nSPS) is 21.6. The summed E-state index contributed by atoms with van der Waals surface area (Å²) in [6, 6.07) is 5.94. The number of rotatable bonds is 3. The maximum atomic E-state index is 11.8. The number of halogens is 1. The van der Waals surface area contributed by atoms with Crippen molar-refractivity contribution in [1.29, 1.82) is 0 Å². The molecule has 1 aromatic rings. The van der Waals surface area contributed by atoms with Crippen molar-refractivity contribution in [3.63, 3.8) is 0 Å². The lowest BCUT2D eigenvalue weighted by Gasteiger charge is -2.31. The molecule has 1 saturated carbocycles. The summed E-state index contributed by atoms with van der Waals surface area (Å²) >= 11 is 6.01. The fraction of sp³-hybridized carbons (Fsp3) is 0.588. The Morgan fingerprint density at radius 2 is 1.83 bits per heavy atom. The van der Waals surface area contributed by atoms with Gasteiger partial charge in [0.15, 0.2) is 0 Å². The highest BCUT2D eigenvalue weighted by atomic mass is 35.5. The van der Waals surface area contributed by atoms with Crippen LogP contribution in [0.15, 0.2) is 18.2 Å². The third-order valence-electron chi connectivity index (χ3n) is 3.82. The average Bonchev–Trinajstić information content (AvgIpc) is 2.43. The maximum Gasteiger partial charge on any atom is 0.407 e. The van der Waals surface area contributed by atoms with Crippen molar-refractivity contribution in [1.82, 2.24) is 5.32 Å². The molecule has 0 heterocycles. The molecule has 2 rings (SSSR count). The molecule has 1 amide bonds. The second-order valence-corrected chi connectivity index (χ2v) is 7.51. The van der Waals surface area contributed by atoms with E-state index < -0.39 is 5.60 Å². The summed E-state index contributed by atoms with van der Waals surface area (Å²) in [5, 5.41) is 7.06. The number of alkyl carbamates (subject to hydrolysis) is 1. The van der Waals surface area contributed by atoms with Crippen molar-refractivity contribution in [2.75, 3.05) is 11.1 Å². The molecule has 0 atom stereocenters. The van der Waals surface area contributed by atoms with Crippen LogP contribution >= 0.6 is 11.6 Å². The first-order valence-corrected chi connectivity index (χ1v) is 8.42. The highest BCUT2D eigenvalue weighted by molar-refractivity contribution is 6.31. The molecule has 5 nitrogen and oxygen atoms in total. The first-order chi connectivity index (χ1) is 10.7. The highest BCUT2D eigenvalue weighted by Crippen LogP contribution is 2.27. The Hall–Kier alpha value is -1.62. The molecule has 0 spiro atoms. The average molecular weight is 340 g/mol. The molecule has 1 aliphatic carbocycles. The molecule has 0 aromatic heterocycles. The molecule has 0 saturated heterocycles. The van der Waals surface area contributed by atoms with Gasteiger partial charge in [-0.1, -0.05) is 11.6 Å². The summed E-state index contributed by atoms with van der Waals surface area (Å²) in [5.74, 6) is 0. The summed E-state index contributed by atoms with van der Waals surface area (Å²) in [5.41, 5.74) is 7.07. The number of hydrogen-bond donors (Lipinski definition) is 3. The number of carbonyl (C=O) groups excluding carboxylic acids is 1. The molecule has 6 heteroatoms. The quantitative estimate of drug-likeness (QED) is 0.722. The van der Waals surface area contributed by atoms with Crippen molar-refractivity contribution in [2.24, 2.45) is 0 Å². The lowest BCUT2D eigenvalue weighted by Crippen LogP contribution is -2.42. The zero-order valence-electron chi connectivity index (χ0n) is 14.0. The van der Waals surface area contributed by atoms with E-state index in [4.69, 9.17) is 22.1 Å². The molecular formula is C17H26ClN3O2. The van der Waals surface area contributed by atoms with E-state index in [1.165, 1.54) is 0 Å². The van der Waals surface area contributed by atoms with Gasteiger partial charge in [0, 0.05) is 17.1 Å². The number of nitrogens with two attached hydrogens (primary N) is 1. The molecule has 0 unspecified atom stereocenters. The van der Waals surface area contributed by atoms with Crippen LogP contribution in [0, 0.1) is 0 Å². The van der Waals surface area contributed by atoms with Gasteiger partial charge < -0.3 is 21.1 Å². The smallest absolute Gasteiger partial charge is 0.407 e. The van der Waals surface area contributed by atoms with Gasteiger partial charge in [-0.15, -0.1) is 0 Å². The van der Waals surface area contributed by atoms with Crippen LogP contribution in [0.2, 0.25) is 5.02 Å². The summed E-state index contributed by atoms with van der Waals surface area (Å²) in [6.07, 6.45) is 3.42. The SMILES string of the molecule is CC(C)(C)OC(=O)NC1CCC(Nc2cc(Cl)ccc2N)CC1. The van der Waals surface area contributed by atoms with Crippen LogP contribution in [0.4, 0.5) is 16.2 Å². The van der Waals surface area contributed by atoms with E-state index in [9.17, 15) is 4.79 Å². The standard InChI is InChI=1S/C17H26ClN3O2/c1-17(2,3)23-16(22)21-13-7-5-12(6-8-13)20-15-10-11(18)4-9-14(15)19/h4,9-10,12-13,20H,5-8,19H2,1-3H3,(H,21,22). The molecule has 23 heavy (non-hydrogen) atoms. The number of anilines is 2. The molecule has 1 aromatic carbocycles. The van der Waals surface area contributed by atoms with Crippen molar-refractivity contribution >= 4 is 29.1 Å². The topological polar surface area (TPSA) is 76.4 Å². The third kappa shape index (κ3) is 5.82. The van der Waals surface area contributed by atoms with Gasteiger partial charge in [0.1, 0.15) is 5.60 Å². The Morgan fingerprint density at radius 1 is 1.22 bits per heavy atom. The monoisotopic (exact) mass is 339 g/mol. The largest absolute Gasteiger partial charge is 0.444 e. The van der Waals surface area contributed by atoms with Gasteiger partial charge >= 0.3 is 6.09 Å². The van der Waals surface area contributed by atoms with Gasteiger partial charge in [-0.05, 0) is 64.7 Å². The van der Waals surface area contributed by atoms with E-state index in [0.717, 1.165) is 31.4 Å². The fourth-order valence-corrected chi connectivity index (χ4v) is 2.90. The van der Waals surface area contributed by atoms with E-state index in [1.54, 1.807) is 12.1 Å². The predicted octanol–water partition coefficient (Wildman–Crippen LogP) is 4.17. The van der Waals surface area contributed by atoms with Crippen LogP contribution in [0.5, 0.6) is 0 Å². The zero-order valence-corrected chi connectivity index (χ0v) is 14.7. The van der Waals surface area contributed by atoms with Crippen LogP contribution in [-0.2, 0) is 4.74 Å². The lowest BCUT2D eigenvalue weighted by atomic mass is 9.91. The van der Waals surface area contributed by atoms with Crippen LogP contribution in [0.1, 0.15) is 46.5 Å². The van der Waals surface area contributed by atoms with Crippen molar-refractivity contribution in [3.05, 3.63) is 23.2 Å². The van der Waals surface area contributed by atoms with Crippen molar-refractivity contribution in [3.8, 4) is 0 Å². The summed E-state index contributed by atoms with van der Waals surface area (Å²) in [4.78, 5) is 11.8. The summed E-state index contributed by atoms with van der Waals surface area (Å²) in [7, 11) is 0. The number of nitrogen functional groups attached to an aromatic ring is 1. The van der Waals surface area contributed by atoms with Crippen LogP contribution in [-0.4, -0.2) is 23.8 Å². The van der Waals surface area contributed by atoms with E-state index in [0.29, 0.717) is 16.8 Å². The van der Waals surface area contributed by atoms with Crippen LogP contribution in [0.3, 0.4) is 0 Å². The number of benzene rings is 1. The minimum atomic E-state index is -0.465. The maximum absolute atomic E-state index is 11.8. The van der Waals surface area contributed by atoms with Crippen molar-refractivity contribution < 1.29 is 9.53 Å². The number of ether oxygens (including phenoxy) is 1. The van der Waals surface area contributed by atoms with E-state index in [2.05, 4.69) is 10.6 Å². The molecule has 0 radical (unpaired) electrons. The predicted molar refractivity (Wildman–Crippen MR) is 94.9 cm³/mol. The second kappa shape index (κ2) is 7.30. The van der Waals surface area contributed by atoms with Gasteiger partial charge in [-0.2, -0.15) is 0 Å². The Morgan fingerprint density at radius 3 is 2.43 bits per heavy atom. The lowest BCUT2D eigenvalue weighted by molar-refractivity contribution is 0.0492. The van der Waals surface area contributed by atoms with Crippen molar-refractivity contribution in [2.45, 2.75) is 64.1 Å². The zero-order chi connectivity index (χ0) is 17.0. The van der Waals surface area contributed by atoms with Gasteiger partial charge in [-0.25, -0.2) is 4.79 Å². The molecule has 1 aliphatic rings. The van der Waals surface area contributed by atoms with Gasteiger partial charge in [0.25, 0.3) is 0 Å². The Bertz CT molecular complexity index is 549. The molecule has 1 fully saturated rings. The number of nitrogens with one attached hydrogen (secondary N) is 2. The van der Waals surface area contributed by atoms with E-state index in [1.807, 2.05) is 26.8 Å². The summed E-state index contributed by atoms with van der Waals surface area (Å²) in [6.45, 7) is 5.59. The molecule has 0 aliphatic heterocycles. The minimum absolute atomic E-state index is 0.166. The number of carbonyl (C=O) groups is 1. The van der Waals surface area contributed by atoms with Crippen LogP contribution in [0.25, 0.3) is 0 Å². The first kappa shape index (κ1) is 17.7. The fourth-order valence-electron chi connectivity index (χ4n) is 2.73. The minimum Gasteiger partial charge on any atom is -0.444 e. The molecule has 4 N–H and O–H groups in total. The number of hydrogen-bond acceptors (Lipinski definition) is 4. The first-order valence-electron chi connectivity index (χ1n) is 8.04. The van der Waals surface area contributed by atoms with E-state index in [-0.39, 0.29) is 12.1 Å². The molecular weight excluding hydrogens is 314 g/mol. The van der Waals surface area contributed by atoms with Gasteiger partial charge in [0.05, 0.1) is 11.4 Å². The highest BCUT2D eigenvalue weighted by Gasteiger charge is 2.25. The third-order valence-corrected chi connectivity index (χ3v) is 4.06. The van der Waals surface area contributed by atoms with Crippen LogP contribution < -0.4 is 16.4 Å². The van der Waals surface area contributed by atoms with E-state index >= 15 is 0 Å². The second-order valence-electron chi connectivity index (χ2n) is 7.07. The number of amides is 1. The Labute approximate surface area is 142 Å². The molecule has 128 valence electrons.